The van der Waals surface area contributed by atoms with E-state index in [1.54, 1.807) is 0 Å². The lowest BCUT2D eigenvalue weighted by atomic mass is 10.0. The van der Waals surface area contributed by atoms with Gasteiger partial charge in [0.1, 0.15) is 0 Å². The SMILES string of the molecule is CCCC1(CNCC2CCC(C)O2)CC1. The normalized spacial score (nSPS) is 33.2. The Balaban J connectivity index is 1.59. The van der Waals surface area contributed by atoms with Crippen molar-refractivity contribution in [2.75, 3.05) is 13.1 Å². The summed E-state index contributed by atoms with van der Waals surface area (Å²) in [7, 11) is 0. The van der Waals surface area contributed by atoms with Crippen molar-refractivity contribution in [1.29, 1.82) is 0 Å². The van der Waals surface area contributed by atoms with Crippen molar-refractivity contribution in [3.63, 3.8) is 0 Å². The first-order valence-electron chi connectivity index (χ1n) is 6.60. The van der Waals surface area contributed by atoms with E-state index < -0.39 is 0 Å². The van der Waals surface area contributed by atoms with Crippen molar-refractivity contribution in [1.82, 2.24) is 5.32 Å². The molecule has 0 aromatic rings. The second kappa shape index (κ2) is 4.84. The first-order chi connectivity index (χ1) is 7.24. The minimum atomic E-state index is 0.484. The lowest BCUT2D eigenvalue weighted by Crippen LogP contribution is -2.31. The molecule has 1 saturated heterocycles. The summed E-state index contributed by atoms with van der Waals surface area (Å²) in [5.74, 6) is 0. The highest BCUT2D eigenvalue weighted by molar-refractivity contribution is 4.94. The van der Waals surface area contributed by atoms with Crippen LogP contribution in [0.2, 0.25) is 0 Å². The number of nitrogens with one attached hydrogen (secondary N) is 1. The van der Waals surface area contributed by atoms with Crippen LogP contribution in [0.15, 0.2) is 0 Å². The third-order valence-corrected chi connectivity index (χ3v) is 3.93. The summed E-state index contributed by atoms with van der Waals surface area (Å²) in [5, 5.41) is 3.61. The first-order valence-corrected chi connectivity index (χ1v) is 6.60. The fraction of sp³-hybridized carbons (Fsp3) is 1.00. The molecule has 2 nitrogen and oxygen atoms in total. The summed E-state index contributed by atoms with van der Waals surface area (Å²) in [6, 6.07) is 0. The molecule has 0 spiro atoms. The van der Waals surface area contributed by atoms with E-state index in [-0.39, 0.29) is 0 Å². The van der Waals surface area contributed by atoms with Gasteiger partial charge in [0.2, 0.25) is 0 Å². The van der Waals surface area contributed by atoms with E-state index >= 15 is 0 Å². The Morgan fingerprint density at radius 1 is 1.33 bits per heavy atom. The predicted octanol–water partition coefficient (Wildman–Crippen LogP) is 2.72. The quantitative estimate of drug-likeness (QED) is 0.729. The summed E-state index contributed by atoms with van der Waals surface area (Å²) in [4.78, 5) is 0. The minimum Gasteiger partial charge on any atom is -0.374 e. The Bertz CT molecular complexity index is 201. The molecule has 0 radical (unpaired) electrons. The van der Waals surface area contributed by atoms with E-state index in [0.717, 1.165) is 6.54 Å². The number of ether oxygens (including phenoxy) is 1. The maximum Gasteiger partial charge on any atom is 0.0704 e. The molecule has 15 heavy (non-hydrogen) atoms. The van der Waals surface area contributed by atoms with Crippen molar-refractivity contribution in [3.05, 3.63) is 0 Å². The number of hydrogen-bond donors (Lipinski definition) is 1. The zero-order chi connectivity index (χ0) is 10.7. The molecule has 2 heteroatoms. The first kappa shape index (κ1) is 11.4. The zero-order valence-corrected chi connectivity index (χ0v) is 10.2. The summed E-state index contributed by atoms with van der Waals surface area (Å²) in [6.45, 7) is 6.76. The van der Waals surface area contributed by atoms with Gasteiger partial charge in [-0.05, 0) is 44.4 Å². The molecule has 1 heterocycles. The van der Waals surface area contributed by atoms with Gasteiger partial charge in [-0.25, -0.2) is 0 Å². The molecular formula is C13H25NO. The Labute approximate surface area is 93.8 Å². The van der Waals surface area contributed by atoms with Gasteiger partial charge in [0.25, 0.3) is 0 Å². The summed E-state index contributed by atoms with van der Waals surface area (Å²) in [5.41, 5.74) is 0.680. The summed E-state index contributed by atoms with van der Waals surface area (Å²) in [6.07, 6.45) is 9.08. The average molecular weight is 211 g/mol. The average Bonchev–Trinajstić information content (AvgIpc) is 2.83. The minimum absolute atomic E-state index is 0.484. The van der Waals surface area contributed by atoms with E-state index in [9.17, 15) is 0 Å². The monoisotopic (exact) mass is 211 g/mol. The molecule has 1 N–H and O–H groups in total. The van der Waals surface area contributed by atoms with Crippen LogP contribution in [0.5, 0.6) is 0 Å². The molecule has 1 saturated carbocycles. The van der Waals surface area contributed by atoms with Crippen molar-refractivity contribution in [2.45, 2.75) is 64.6 Å². The highest BCUT2D eigenvalue weighted by atomic mass is 16.5. The molecule has 2 aliphatic rings. The smallest absolute Gasteiger partial charge is 0.0704 e. The Morgan fingerprint density at radius 2 is 2.13 bits per heavy atom. The lowest BCUT2D eigenvalue weighted by molar-refractivity contribution is 0.0553. The fourth-order valence-electron chi connectivity index (χ4n) is 2.76. The van der Waals surface area contributed by atoms with Gasteiger partial charge >= 0.3 is 0 Å². The molecule has 0 bridgehead atoms. The van der Waals surface area contributed by atoms with Gasteiger partial charge in [0.05, 0.1) is 12.2 Å². The van der Waals surface area contributed by atoms with Crippen LogP contribution in [0, 0.1) is 5.41 Å². The topological polar surface area (TPSA) is 21.3 Å². The standard InChI is InChI=1S/C13H25NO/c1-3-6-13(7-8-13)10-14-9-12-5-4-11(2)15-12/h11-12,14H,3-10H2,1-2H3. The lowest BCUT2D eigenvalue weighted by Gasteiger charge is -2.17. The van der Waals surface area contributed by atoms with Crippen LogP contribution >= 0.6 is 0 Å². The third kappa shape index (κ3) is 3.18. The van der Waals surface area contributed by atoms with Gasteiger partial charge in [-0.1, -0.05) is 13.3 Å². The fourth-order valence-corrected chi connectivity index (χ4v) is 2.76. The van der Waals surface area contributed by atoms with Gasteiger partial charge in [0.15, 0.2) is 0 Å². The molecule has 2 fully saturated rings. The van der Waals surface area contributed by atoms with Crippen LogP contribution in [0.3, 0.4) is 0 Å². The van der Waals surface area contributed by atoms with E-state index in [1.165, 1.54) is 45.1 Å². The van der Waals surface area contributed by atoms with Crippen LogP contribution in [0.1, 0.15) is 52.4 Å². The van der Waals surface area contributed by atoms with Crippen LogP contribution in [-0.2, 0) is 4.74 Å². The van der Waals surface area contributed by atoms with Gasteiger partial charge in [-0.2, -0.15) is 0 Å². The Morgan fingerprint density at radius 3 is 2.67 bits per heavy atom. The molecule has 2 unspecified atom stereocenters. The molecule has 2 atom stereocenters. The van der Waals surface area contributed by atoms with Crippen molar-refractivity contribution in [3.8, 4) is 0 Å². The van der Waals surface area contributed by atoms with E-state index in [2.05, 4.69) is 19.2 Å². The molecular weight excluding hydrogens is 186 g/mol. The number of hydrogen-bond acceptors (Lipinski definition) is 2. The van der Waals surface area contributed by atoms with Crippen molar-refractivity contribution in [2.24, 2.45) is 5.41 Å². The van der Waals surface area contributed by atoms with Crippen molar-refractivity contribution >= 4 is 0 Å². The van der Waals surface area contributed by atoms with E-state index in [0.29, 0.717) is 17.6 Å². The Kier molecular flexibility index (Phi) is 3.68. The van der Waals surface area contributed by atoms with Crippen LogP contribution < -0.4 is 5.32 Å². The Hall–Kier alpha value is -0.0800. The van der Waals surface area contributed by atoms with Gasteiger partial charge in [0, 0.05) is 13.1 Å². The summed E-state index contributed by atoms with van der Waals surface area (Å²) >= 11 is 0. The molecule has 0 amide bonds. The molecule has 88 valence electrons. The predicted molar refractivity (Wildman–Crippen MR) is 63.0 cm³/mol. The van der Waals surface area contributed by atoms with Gasteiger partial charge in [-0.15, -0.1) is 0 Å². The van der Waals surface area contributed by atoms with E-state index in [4.69, 9.17) is 4.74 Å². The second-order valence-electron chi connectivity index (χ2n) is 5.53. The highest BCUT2D eigenvalue weighted by Gasteiger charge is 2.40. The zero-order valence-electron chi connectivity index (χ0n) is 10.2. The maximum absolute atomic E-state index is 5.79. The molecule has 0 aromatic carbocycles. The highest BCUT2D eigenvalue weighted by Crippen LogP contribution is 2.48. The van der Waals surface area contributed by atoms with Gasteiger partial charge < -0.3 is 10.1 Å². The molecule has 1 aliphatic carbocycles. The van der Waals surface area contributed by atoms with Crippen LogP contribution in [-0.4, -0.2) is 25.3 Å². The second-order valence-corrected chi connectivity index (χ2v) is 5.53. The maximum atomic E-state index is 5.79. The molecule has 0 aromatic heterocycles. The van der Waals surface area contributed by atoms with Crippen LogP contribution in [0.25, 0.3) is 0 Å². The third-order valence-electron chi connectivity index (χ3n) is 3.93. The summed E-state index contributed by atoms with van der Waals surface area (Å²) < 4.78 is 5.79. The molecule has 2 rings (SSSR count). The number of rotatable bonds is 6. The largest absolute Gasteiger partial charge is 0.374 e. The van der Waals surface area contributed by atoms with Crippen molar-refractivity contribution < 1.29 is 4.74 Å². The van der Waals surface area contributed by atoms with Crippen LogP contribution in [0.4, 0.5) is 0 Å². The van der Waals surface area contributed by atoms with Gasteiger partial charge in [-0.3, -0.25) is 0 Å². The van der Waals surface area contributed by atoms with E-state index in [1.807, 2.05) is 0 Å². The molecule has 1 aliphatic heterocycles.